The molecule has 0 atom stereocenters. The zero-order valence-corrected chi connectivity index (χ0v) is 13.5. The largest absolute Gasteiger partial charge is 0.352 e. The molecule has 2 heterocycles. The van der Waals surface area contributed by atoms with E-state index in [1.54, 1.807) is 12.4 Å². The van der Waals surface area contributed by atoms with Gasteiger partial charge in [-0.1, -0.05) is 11.6 Å². The van der Waals surface area contributed by atoms with Crippen molar-refractivity contribution in [3.8, 4) is 0 Å². The Labute approximate surface area is 139 Å². The van der Waals surface area contributed by atoms with Crippen LogP contribution in [0.4, 0.5) is 0 Å². The number of fused-ring (bicyclic) bond motifs is 1. The van der Waals surface area contributed by atoms with Gasteiger partial charge in [0, 0.05) is 36.4 Å². The Balaban J connectivity index is 1.63. The maximum absolute atomic E-state index is 12.1. The molecular formula is C19H19N3O2. The summed E-state index contributed by atoms with van der Waals surface area (Å²) < 4.78 is 0. The lowest BCUT2D eigenvalue weighted by molar-refractivity contribution is -0.121. The first-order valence-electron chi connectivity index (χ1n) is 7.90. The average Bonchev–Trinajstić information content (AvgIpc) is 2.59. The number of hydrogen-bond acceptors (Lipinski definition) is 3. The highest BCUT2D eigenvalue weighted by Crippen LogP contribution is 2.13. The highest BCUT2D eigenvalue weighted by molar-refractivity contribution is 5.80. The van der Waals surface area contributed by atoms with Crippen molar-refractivity contribution in [2.24, 2.45) is 0 Å². The molecule has 2 N–H and O–H groups in total. The molecule has 0 aliphatic heterocycles. The van der Waals surface area contributed by atoms with Crippen molar-refractivity contribution in [3.63, 3.8) is 0 Å². The summed E-state index contributed by atoms with van der Waals surface area (Å²) in [5.74, 6) is -0.0736. The van der Waals surface area contributed by atoms with Gasteiger partial charge in [-0.05, 0) is 54.6 Å². The Morgan fingerprint density at radius 3 is 2.75 bits per heavy atom. The Morgan fingerprint density at radius 2 is 1.96 bits per heavy atom. The van der Waals surface area contributed by atoms with Crippen molar-refractivity contribution < 1.29 is 4.79 Å². The molecule has 0 saturated carbocycles. The molecule has 5 heteroatoms. The van der Waals surface area contributed by atoms with E-state index in [0.717, 1.165) is 22.0 Å². The monoisotopic (exact) mass is 321 g/mol. The van der Waals surface area contributed by atoms with Gasteiger partial charge in [0.25, 0.3) is 5.56 Å². The number of nitrogens with one attached hydrogen (secondary N) is 2. The van der Waals surface area contributed by atoms with Crippen LogP contribution in [0, 0.1) is 6.92 Å². The molecule has 3 aromatic rings. The van der Waals surface area contributed by atoms with Crippen molar-refractivity contribution in [1.29, 1.82) is 0 Å². The molecular weight excluding hydrogens is 302 g/mol. The van der Waals surface area contributed by atoms with Crippen LogP contribution >= 0.6 is 0 Å². The Morgan fingerprint density at radius 1 is 1.17 bits per heavy atom. The number of aryl methyl sites for hydroxylation is 2. The van der Waals surface area contributed by atoms with Crippen LogP contribution in [0.25, 0.3) is 10.9 Å². The van der Waals surface area contributed by atoms with Gasteiger partial charge in [0.1, 0.15) is 0 Å². The highest BCUT2D eigenvalue weighted by atomic mass is 16.1. The molecule has 0 aliphatic carbocycles. The number of nitrogens with zero attached hydrogens (tertiary/aromatic N) is 1. The van der Waals surface area contributed by atoms with Gasteiger partial charge in [0.05, 0.1) is 0 Å². The van der Waals surface area contributed by atoms with Crippen LogP contribution in [0.2, 0.25) is 0 Å². The van der Waals surface area contributed by atoms with Crippen LogP contribution < -0.4 is 10.9 Å². The fourth-order valence-corrected chi connectivity index (χ4v) is 2.59. The minimum absolute atomic E-state index is 0.0736. The molecule has 3 rings (SSSR count). The minimum Gasteiger partial charge on any atom is -0.352 e. The van der Waals surface area contributed by atoms with E-state index in [1.807, 2.05) is 43.3 Å². The zero-order chi connectivity index (χ0) is 16.9. The third-order valence-corrected chi connectivity index (χ3v) is 3.94. The van der Waals surface area contributed by atoms with Gasteiger partial charge in [0.15, 0.2) is 0 Å². The number of pyridine rings is 2. The quantitative estimate of drug-likeness (QED) is 0.758. The van der Waals surface area contributed by atoms with Crippen molar-refractivity contribution in [1.82, 2.24) is 15.3 Å². The van der Waals surface area contributed by atoms with E-state index in [0.29, 0.717) is 18.5 Å². The first kappa shape index (κ1) is 15.9. The summed E-state index contributed by atoms with van der Waals surface area (Å²) in [4.78, 5) is 30.9. The van der Waals surface area contributed by atoms with Gasteiger partial charge >= 0.3 is 0 Å². The lowest BCUT2D eigenvalue weighted by Gasteiger charge is -2.06. The summed E-state index contributed by atoms with van der Waals surface area (Å²) in [6, 6.07) is 11.5. The van der Waals surface area contributed by atoms with Crippen molar-refractivity contribution in [2.75, 3.05) is 0 Å². The van der Waals surface area contributed by atoms with E-state index in [1.165, 1.54) is 0 Å². The van der Waals surface area contributed by atoms with Crippen LogP contribution in [-0.2, 0) is 17.8 Å². The second kappa shape index (κ2) is 7.08. The Kier molecular flexibility index (Phi) is 4.70. The first-order valence-corrected chi connectivity index (χ1v) is 7.90. The second-order valence-electron chi connectivity index (χ2n) is 5.85. The lowest BCUT2D eigenvalue weighted by atomic mass is 10.1. The lowest BCUT2D eigenvalue weighted by Crippen LogP contribution is -2.24. The summed E-state index contributed by atoms with van der Waals surface area (Å²) in [6.45, 7) is 2.48. The van der Waals surface area contributed by atoms with E-state index >= 15 is 0 Å². The average molecular weight is 321 g/mol. The number of H-pyrrole nitrogens is 1. The summed E-state index contributed by atoms with van der Waals surface area (Å²) in [7, 11) is 0. The molecule has 1 amide bonds. The van der Waals surface area contributed by atoms with Gasteiger partial charge < -0.3 is 10.3 Å². The van der Waals surface area contributed by atoms with Crippen LogP contribution in [0.5, 0.6) is 0 Å². The SMILES string of the molecule is Cc1ccc2[nH]c(=O)c(CCC(=O)NCc3ccncc3)cc2c1. The smallest absolute Gasteiger partial charge is 0.251 e. The number of carbonyl (C=O) groups excluding carboxylic acids is 1. The van der Waals surface area contributed by atoms with Crippen LogP contribution in [0.3, 0.4) is 0 Å². The molecule has 1 aromatic carbocycles. The van der Waals surface area contributed by atoms with Gasteiger partial charge in [-0.25, -0.2) is 0 Å². The fourth-order valence-electron chi connectivity index (χ4n) is 2.59. The van der Waals surface area contributed by atoms with Gasteiger partial charge in [-0.2, -0.15) is 0 Å². The summed E-state index contributed by atoms with van der Waals surface area (Å²) >= 11 is 0. The number of carbonyl (C=O) groups is 1. The number of rotatable bonds is 5. The molecule has 24 heavy (non-hydrogen) atoms. The van der Waals surface area contributed by atoms with Crippen LogP contribution in [0.1, 0.15) is 23.1 Å². The second-order valence-corrected chi connectivity index (χ2v) is 5.85. The zero-order valence-electron chi connectivity index (χ0n) is 13.5. The van der Waals surface area contributed by atoms with Gasteiger partial charge in [-0.15, -0.1) is 0 Å². The standard InChI is InChI=1S/C19H19N3O2/c1-13-2-4-17-16(10-13)11-15(19(24)22-17)3-5-18(23)21-12-14-6-8-20-9-7-14/h2,4,6-11H,3,5,12H2,1H3,(H,21,23)(H,22,24). The predicted octanol–water partition coefficient (Wildman–Crippen LogP) is 2.48. The van der Waals surface area contributed by atoms with Crippen LogP contribution in [-0.4, -0.2) is 15.9 Å². The number of benzene rings is 1. The summed E-state index contributed by atoms with van der Waals surface area (Å²) in [5, 5.41) is 3.84. The number of aromatic nitrogens is 2. The summed E-state index contributed by atoms with van der Waals surface area (Å²) in [6.07, 6.45) is 4.09. The molecule has 0 radical (unpaired) electrons. The third kappa shape index (κ3) is 3.87. The maximum atomic E-state index is 12.1. The topological polar surface area (TPSA) is 74.8 Å². The first-order chi connectivity index (χ1) is 11.6. The maximum Gasteiger partial charge on any atom is 0.251 e. The third-order valence-electron chi connectivity index (χ3n) is 3.94. The molecule has 0 spiro atoms. The van der Waals surface area contributed by atoms with E-state index in [4.69, 9.17) is 0 Å². The van der Waals surface area contributed by atoms with Gasteiger partial charge in [-0.3, -0.25) is 14.6 Å². The molecule has 0 unspecified atom stereocenters. The van der Waals surface area contributed by atoms with E-state index in [9.17, 15) is 9.59 Å². The molecule has 0 fully saturated rings. The van der Waals surface area contributed by atoms with E-state index in [-0.39, 0.29) is 17.9 Å². The Hall–Kier alpha value is -2.95. The predicted molar refractivity (Wildman–Crippen MR) is 93.7 cm³/mol. The number of amides is 1. The molecule has 0 aliphatic rings. The Bertz CT molecular complexity index is 917. The molecule has 0 bridgehead atoms. The molecule has 122 valence electrons. The van der Waals surface area contributed by atoms with Crippen molar-refractivity contribution in [2.45, 2.75) is 26.3 Å². The van der Waals surface area contributed by atoms with E-state index in [2.05, 4.69) is 15.3 Å². The van der Waals surface area contributed by atoms with E-state index < -0.39 is 0 Å². The fraction of sp³-hybridized carbons (Fsp3) is 0.211. The number of hydrogen-bond donors (Lipinski definition) is 2. The van der Waals surface area contributed by atoms with Crippen molar-refractivity contribution in [3.05, 3.63) is 75.8 Å². The number of aromatic amines is 1. The summed E-state index contributed by atoms with van der Waals surface area (Å²) in [5.41, 5.74) is 3.45. The van der Waals surface area contributed by atoms with Crippen LogP contribution in [0.15, 0.2) is 53.6 Å². The molecule has 2 aromatic heterocycles. The normalized spacial score (nSPS) is 10.7. The van der Waals surface area contributed by atoms with Gasteiger partial charge in [0.2, 0.25) is 5.91 Å². The minimum atomic E-state index is -0.131. The molecule has 0 saturated heterocycles. The molecule has 5 nitrogen and oxygen atoms in total. The highest BCUT2D eigenvalue weighted by Gasteiger charge is 2.07. The van der Waals surface area contributed by atoms with Crippen molar-refractivity contribution >= 4 is 16.8 Å².